The number of halogens is 5. The van der Waals surface area contributed by atoms with Crippen molar-refractivity contribution in [1.82, 2.24) is 4.90 Å². The maximum Gasteiger partial charge on any atom is 0.255 e. The Morgan fingerprint density at radius 2 is 1.78 bits per heavy atom. The van der Waals surface area contributed by atoms with Crippen LogP contribution in [0.3, 0.4) is 0 Å². The number of amides is 2. The number of benzene rings is 2. The molecule has 0 aromatic heterocycles. The summed E-state index contributed by atoms with van der Waals surface area (Å²) in [5.74, 6) is -5.90. The van der Waals surface area contributed by atoms with E-state index in [1.165, 1.54) is 23.1 Å². The number of hydrogen-bond acceptors (Lipinski definition) is 2. The first-order valence-electron chi connectivity index (χ1n) is 7.92. The average molecular weight is 419 g/mol. The Balaban J connectivity index is 2.18. The maximum absolute atomic E-state index is 13.7. The molecule has 2 aromatic rings. The van der Waals surface area contributed by atoms with Gasteiger partial charge in [0, 0.05) is 11.6 Å². The van der Waals surface area contributed by atoms with E-state index >= 15 is 0 Å². The Morgan fingerprint density at radius 1 is 1.07 bits per heavy atom. The molecule has 0 bridgehead atoms. The summed E-state index contributed by atoms with van der Waals surface area (Å²) in [6, 6.07) is 5.93. The van der Waals surface area contributed by atoms with Crippen molar-refractivity contribution < 1.29 is 22.8 Å². The number of rotatable bonds is 6. The molecule has 0 radical (unpaired) electrons. The van der Waals surface area contributed by atoms with E-state index in [4.69, 9.17) is 23.2 Å². The van der Waals surface area contributed by atoms with E-state index in [-0.39, 0.29) is 17.1 Å². The van der Waals surface area contributed by atoms with Crippen LogP contribution in [0.15, 0.2) is 30.3 Å². The van der Waals surface area contributed by atoms with Crippen molar-refractivity contribution in [3.05, 3.63) is 63.4 Å². The Bertz CT molecular complexity index is 878. The molecule has 9 heteroatoms. The van der Waals surface area contributed by atoms with Crippen LogP contribution in [0.4, 0.5) is 18.9 Å². The summed E-state index contributed by atoms with van der Waals surface area (Å²) in [4.78, 5) is 26.1. The van der Waals surface area contributed by atoms with Gasteiger partial charge in [-0.15, -0.1) is 0 Å². The molecule has 1 N–H and O–H groups in total. The van der Waals surface area contributed by atoms with Crippen molar-refractivity contribution in [2.24, 2.45) is 0 Å². The highest BCUT2D eigenvalue weighted by molar-refractivity contribution is 6.35. The van der Waals surface area contributed by atoms with E-state index in [9.17, 15) is 22.8 Å². The van der Waals surface area contributed by atoms with E-state index in [0.717, 1.165) is 6.07 Å². The van der Waals surface area contributed by atoms with Crippen LogP contribution in [0.1, 0.15) is 23.7 Å². The van der Waals surface area contributed by atoms with Gasteiger partial charge in [0.25, 0.3) is 5.91 Å². The fourth-order valence-corrected chi connectivity index (χ4v) is 2.71. The highest BCUT2D eigenvalue weighted by Gasteiger charge is 2.22. The van der Waals surface area contributed by atoms with Gasteiger partial charge in [0.1, 0.15) is 6.54 Å². The zero-order valence-electron chi connectivity index (χ0n) is 14.2. The van der Waals surface area contributed by atoms with Gasteiger partial charge >= 0.3 is 0 Å². The summed E-state index contributed by atoms with van der Waals surface area (Å²) in [5, 5.41) is 2.59. The van der Waals surface area contributed by atoms with Gasteiger partial charge in [-0.3, -0.25) is 9.59 Å². The molecule has 27 heavy (non-hydrogen) atoms. The first kappa shape index (κ1) is 21.1. The van der Waals surface area contributed by atoms with Gasteiger partial charge in [0.15, 0.2) is 17.5 Å². The van der Waals surface area contributed by atoms with Gasteiger partial charge in [-0.2, -0.15) is 0 Å². The molecular weight excluding hydrogens is 404 g/mol. The molecule has 2 rings (SSSR count). The van der Waals surface area contributed by atoms with Crippen LogP contribution in [0.25, 0.3) is 0 Å². The van der Waals surface area contributed by atoms with Crippen molar-refractivity contribution >= 4 is 40.7 Å². The van der Waals surface area contributed by atoms with Gasteiger partial charge in [0.2, 0.25) is 5.91 Å². The normalized spacial score (nSPS) is 10.6. The topological polar surface area (TPSA) is 49.4 Å². The largest absolute Gasteiger partial charge is 0.329 e. The molecule has 4 nitrogen and oxygen atoms in total. The fourth-order valence-electron chi connectivity index (χ4n) is 2.34. The molecule has 0 fully saturated rings. The van der Waals surface area contributed by atoms with Gasteiger partial charge < -0.3 is 10.2 Å². The van der Waals surface area contributed by atoms with E-state index in [1.54, 1.807) is 6.92 Å². The Hall–Kier alpha value is -2.25. The Morgan fingerprint density at radius 3 is 2.44 bits per heavy atom. The molecule has 0 aliphatic carbocycles. The molecule has 0 unspecified atom stereocenters. The standard InChI is InChI=1S/C18H15Cl2F3N2O2/c1-2-7-25(18(27)11-8-10(19)3-4-12(11)20)9-15(26)24-14-6-5-13(21)16(22)17(14)23/h3-6,8H,2,7,9H2,1H3,(H,24,26). The number of nitrogens with zero attached hydrogens (tertiary/aromatic N) is 1. The lowest BCUT2D eigenvalue weighted by molar-refractivity contribution is -0.116. The summed E-state index contributed by atoms with van der Waals surface area (Å²) in [6.45, 7) is 1.58. The van der Waals surface area contributed by atoms with E-state index in [2.05, 4.69) is 5.32 Å². The maximum atomic E-state index is 13.7. The lowest BCUT2D eigenvalue weighted by Gasteiger charge is -2.22. The molecule has 0 saturated carbocycles. The van der Waals surface area contributed by atoms with Crippen LogP contribution in [0.5, 0.6) is 0 Å². The molecule has 0 heterocycles. The van der Waals surface area contributed by atoms with Crippen LogP contribution in [-0.4, -0.2) is 29.8 Å². The molecule has 0 atom stereocenters. The summed E-state index contributed by atoms with van der Waals surface area (Å²) in [5.41, 5.74) is -0.409. The van der Waals surface area contributed by atoms with Crippen molar-refractivity contribution in [3.8, 4) is 0 Å². The third kappa shape index (κ3) is 5.14. The molecule has 2 amide bonds. The Kier molecular flexibility index (Phi) is 7.10. The van der Waals surface area contributed by atoms with Gasteiger partial charge in [-0.05, 0) is 36.8 Å². The van der Waals surface area contributed by atoms with Gasteiger partial charge in [-0.25, -0.2) is 13.2 Å². The minimum Gasteiger partial charge on any atom is -0.329 e. The van der Waals surface area contributed by atoms with Crippen LogP contribution in [0.2, 0.25) is 10.0 Å². The zero-order valence-corrected chi connectivity index (χ0v) is 15.7. The van der Waals surface area contributed by atoms with Crippen molar-refractivity contribution in [3.63, 3.8) is 0 Å². The summed E-state index contributed by atoms with van der Waals surface area (Å²) in [7, 11) is 0. The van der Waals surface area contributed by atoms with E-state index < -0.39 is 41.5 Å². The second kappa shape index (κ2) is 9.10. The SMILES string of the molecule is CCCN(CC(=O)Nc1ccc(F)c(F)c1F)C(=O)c1cc(Cl)ccc1Cl. The smallest absolute Gasteiger partial charge is 0.255 e. The first-order chi connectivity index (χ1) is 12.7. The number of hydrogen-bond donors (Lipinski definition) is 1. The van der Waals surface area contributed by atoms with E-state index in [1.807, 2.05) is 0 Å². The monoisotopic (exact) mass is 418 g/mol. The quantitative estimate of drug-likeness (QED) is 0.678. The fraction of sp³-hybridized carbons (Fsp3) is 0.222. The highest BCUT2D eigenvalue weighted by atomic mass is 35.5. The predicted octanol–water partition coefficient (Wildman–Crippen LogP) is 4.90. The number of anilines is 1. The average Bonchev–Trinajstić information content (AvgIpc) is 2.63. The number of nitrogens with one attached hydrogen (secondary N) is 1. The van der Waals surface area contributed by atoms with Crippen LogP contribution < -0.4 is 5.32 Å². The third-order valence-electron chi connectivity index (χ3n) is 3.58. The summed E-state index contributed by atoms with van der Waals surface area (Å²) < 4.78 is 39.9. The van der Waals surface area contributed by atoms with Crippen molar-refractivity contribution in [2.45, 2.75) is 13.3 Å². The first-order valence-corrected chi connectivity index (χ1v) is 8.67. The van der Waals surface area contributed by atoms with Crippen LogP contribution in [0, 0.1) is 17.5 Å². The predicted molar refractivity (Wildman–Crippen MR) is 97.6 cm³/mol. The summed E-state index contributed by atoms with van der Waals surface area (Å²) >= 11 is 11.9. The molecule has 2 aromatic carbocycles. The summed E-state index contributed by atoms with van der Waals surface area (Å²) in [6.07, 6.45) is 0.538. The molecule has 0 aliphatic heterocycles. The molecular formula is C18H15Cl2F3N2O2. The van der Waals surface area contributed by atoms with Gasteiger partial charge in [0.05, 0.1) is 16.3 Å². The lowest BCUT2D eigenvalue weighted by atomic mass is 10.2. The molecule has 144 valence electrons. The van der Waals surface area contributed by atoms with Crippen molar-refractivity contribution in [2.75, 3.05) is 18.4 Å². The minimum absolute atomic E-state index is 0.115. The van der Waals surface area contributed by atoms with Gasteiger partial charge in [-0.1, -0.05) is 30.1 Å². The van der Waals surface area contributed by atoms with Crippen LogP contribution >= 0.6 is 23.2 Å². The highest BCUT2D eigenvalue weighted by Crippen LogP contribution is 2.23. The molecule has 0 aliphatic rings. The molecule has 0 spiro atoms. The Labute approximate surface area is 163 Å². The number of carbonyl (C=O) groups excluding carboxylic acids is 2. The second-order valence-corrected chi connectivity index (χ2v) is 6.47. The van der Waals surface area contributed by atoms with Crippen LogP contribution in [-0.2, 0) is 4.79 Å². The number of carbonyl (C=O) groups is 2. The van der Waals surface area contributed by atoms with Crippen molar-refractivity contribution in [1.29, 1.82) is 0 Å². The molecule has 0 saturated heterocycles. The van der Waals surface area contributed by atoms with E-state index in [0.29, 0.717) is 17.5 Å². The minimum atomic E-state index is -1.69. The lowest BCUT2D eigenvalue weighted by Crippen LogP contribution is -2.38. The third-order valence-corrected chi connectivity index (χ3v) is 4.15. The zero-order chi connectivity index (χ0) is 20.1. The second-order valence-electron chi connectivity index (χ2n) is 5.62.